The molecule has 3 N–H and O–H groups in total. The SMILES string of the molecule is O=C(O)NCc1ccccc1.c1cn[nH]c1. The molecule has 0 saturated carbocycles. The fourth-order valence-electron chi connectivity index (χ4n) is 0.989. The minimum Gasteiger partial charge on any atom is -0.465 e. The minimum absolute atomic E-state index is 0.371. The second kappa shape index (κ2) is 7.05. The highest BCUT2D eigenvalue weighted by Crippen LogP contribution is 1.96. The van der Waals surface area contributed by atoms with Gasteiger partial charge in [-0.2, -0.15) is 5.10 Å². The van der Waals surface area contributed by atoms with Crippen molar-refractivity contribution in [3.8, 4) is 0 Å². The Morgan fingerprint density at radius 3 is 2.50 bits per heavy atom. The number of rotatable bonds is 2. The van der Waals surface area contributed by atoms with Crippen LogP contribution in [0.4, 0.5) is 4.79 Å². The fourth-order valence-corrected chi connectivity index (χ4v) is 0.989. The average molecular weight is 219 g/mol. The summed E-state index contributed by atoms with van der Waals surface area (Å²) in [6.45, 7) is 0.371. The molecule has 16 heavy (non-hydrogen) atoms. The first-order chi connectivity index (χ1) is 7.79. The van der Waals surface area contributed by atoms with Crippen LogP contribution in [0.5, 0.6) is 0 Å². The molecule has 0 saturated heterocycles. The maximum absolute atomic E-state index is 10.1. The summed E-state index contributed by atoms with van der Waals surface area (Å²) in [7, 11) is 0. The predicted octanol–water partition coefficient (Wildman–Crippen LogP) is 1.86. The van der Waals surface area contributed by atoms with Gasteiger partial charge in [0.2, 0.25) is 0 Å². The van der Waals surface area contributed by atoms with E-state index in [9.17, 15) is 4.79 Å². The van der Waals surface area contributed by atoms with E-state index in [-0.39, 0.29) is 0 Å². The number of nitrogens with zero attached hydrogens (tertiary/aromatic N) is 1. The molecule has 0 radical (unpaired) electrons. The monoisotopic (exact) mass is 219 g/mol. The van der Waals surface area contributed by atoms with Gasteiger partial charge in [-0.15, -0.1) is 0 Å². The van der Waals surface area contributed by atoms with E-state index in [0.717, 1.165) is 5.56 Å². The highest BCUT2D eigenvalue weighted by Gasteiger charge is 1.93. The van der Waals surface area contributed by atoms with E-state index in [4.69, 9.17) is 5.11 Å². The number of amides is 1. The highest BCUT2D eigenvalue weighted by molar-refractivity contribution is 5.64. The minimum atomic E-state index is -0.992. The van der Waals surface area contributed by atoms with Crippen LogP contribution in [0.3, 0.4) is 0 Å². The summed E-state index contributed by atoms with van der Waals surface area (Å²) in [6.07, 6.45) is 2.47. The number of benzene rings is 1. The smallest absolute Gasteiger partial charge is 0.404 e. The molecule has 5 nitrogen and oxygen atoms in total. The molecule has 0 bridgehead atoms. The normalized spacial score (nSPS) is 8.75. The highest BCUT2D eigenvalue weighted by atomic mass is 16.4. The van der Waals surface area contributed by atoms with Crippen LogP contribution in [0.1, 0.15) is 5.56 Å². The molecule has 84 valence electrons. The molecule has 5 heteroatoms. The quantitative estimate of drug-likeness (QED) is 0.721. The largest absolute Gasteiger partial charge is 0.465 e. The Bertz CT molecular complexity index is 370. The Kier molecular flexibility index (Phi) is 5.19. The fraction of sp³-hybridized carbons (Fsp3) is 0.0909. The van der Waals surface area contributed by atoms with Crippen molar-refractivity contribution in [2.75, 3.05) is 0 Å². The number of hydrogen-bond acceptors (Lipinski definition) is 2. The molecule has 0 aliphatic rings. The van der Waals surface area contributed by atoms with Gasteiger partial charge in [0.05, 0.1) is 0 Å². The van der Waals surface area contributed by atoms with Crippen LogP contribution in [0.15, 0.2) is 48.8 Å². The third kappa shape index (κ3) is 5.43. The van der Waals surface area contributed by atoms with E-state index >= 15 is 0 Å². The summed E-state index contributed by atoms with van der Waals surface area (Å²) in [6, 6.07) is 11.2. The predicted molar refractivity (Wildman–Crippen MR) is 59.9 cm³/mol. The van der Waals surface area contributed by atoms with Gasteiger partial charge in [-0.1, -0.05) is 30.3 Å². The van der Waals surface area contributed by atoms with Crippen molar-refractivity contribution in [2.45, 2.75) is 6.54 Å². The van der Waals surface area contributed by atoms with Gasteiger partial charge < -0.3 is 10.4 Å². The van der Waals surface area contributed by atoms with Crippen LogP contribution < -0.4 is 5.32 Å². The number of H-pyrrole nitrogens is 1. The lowest BCUT2D eigenvalue weighted by atomic mass is 10.2. The van der Waals surface area contributed by atoms with Crippen molar-refractivity contribution in [1.29, 1.82) is 0 Å². The number of aromatic nitrogens is 2. The Hall–Kier alpha value is -2.30. The summed E-state index contributed by atoms with van der Waals surface area (Å²) >= 11 is 0. The number of carbonyl (C=O) groups is 1. The van der Waals surface area contributed by atoms with Crippen molar-refractivity contribution in [3.63, 3.8) is 0 Å². The second-order valence-corrected chi connectivity index (χ2v) is 2.91. The molecule has 1 heterocycles. The maximum atomic E-state index is 10.1. The standard InChI is InChI=1S/C8H9NO2.C3H4N2/c10-8(11)9-6-7-4-2-1-3-5-7;1-2-4-5-3-1/h1-5,9H,6H2,(H,10,11);1-3H,(H,4,5). The lowest BCUT2D eigenvalue weighted by Gasteiger charge is -1.98. The van der Waals surface area contributed by atoms with Gasteiger partial charge in [-0.3, -0.25) is 5.10 Å². The van der Waals surface area contributed by atoms with Crippen molar-refractivity contribution < 1.29 is 9.90 Å². The molecular formula is C11H13N3O2. The van der Waals surface area contributed by atoms with Crippen LogP contribution >= 0.6 is 0 Å². The number of carboxylic acid groups (broad SMARTS) is 1. The van der Waals surface area contributed by atoms with Gasteiger partial charge in [-0.05, 0) is 11.6 Å². The Labute approximate surface area is 93.1 Å². The van der Waals surface area contributed by atoms with Crippen LogP contribution in [0.25, 0.3) is 0 Å². The molecule has 0 spiro atoms. The third-order valence-electron chi connectivity index (χ3n) is 1.69. The molecule has 0 aliphatic heterocycles. The number of hydrogen-bond donors (Lipinski definition) is 3. The van der Waals surface area contributed by atoms with E-state index in [2.05, 4.69) is 15.5 Å². The third-order valence-corrected chi connectivity index (χ3v) is 1.69. The zero-order valence-electron chi connectivity index (χ0n) is 8.63. The van der Waals surface area contributed by atoms with Gasteiger partial charge in [0.15, 0.2) is 0 Å². The Morgan fingerprint density at radius 2 is 2.06 bits per heavy atom. The van der Waals surface area contributed by atoms with Crippen molar-refractivity contribution >= 4 is 6.09 Å². The first-order valence-electron chi connectivity index (χ1n) is 4.73. The molecule has 2 rings (SSSR count). The molecule has 1 amide bonds. The molecule has 1 aromatic heterocycles. The van der Waals surface area contributed by atoms with Crippen molar-refractivity contribution in [2.24, 2.45) is 0 Å². The molecule has 0 fully saturated rings. The first kappa shape index (κ1) is 11.8. The summed E-state index contributed by atoms with van der Waals surface area (Å²) < 4.78 is 0. The average Bonchev–Trinajstić information content (AvgIpc) is 2.86. The maximum Gasteiger partial charge on any atom is 0.404 e. The first-order valence-corrected chi connectivity index (χ1v) is 4.73. The zero-order chi connectivity index (χ0) is 11.6. The number of nitrogens with one attached hydrogen (secondary N) is 2. The summed E-state index contributed by atoms with van der Waals surface area (Å²) in [4.78, 5) is 10.1. The van der Waals surface area contributed by atoms with E-state index in [1.807, 2.05) is 36.4 Å². The summed E-state index contributed by atoms with van der Waals surface area (Å²) in [5, 5.41) is 16.8. The molecule has 2 aromatic rings. The topological polar surface area (TPSA) is 78.0 Å². The van der Waals surface area contributed by atoms with Crippen molar-refractivity contribution in [1.82, 2.24) is 15.5 Å². The van der Waals surface area contributed by atoms with Gasteiger partial charge in [0.1, 0.15) is 0 Å². The molecular weight excluding hydrogens is 206 g/mol. The Morgan fingerprint density at radius 1 is 1.31 bits per heavy atom. The van der Waals surface area contributed by atoms with Gasteiger partial charge in [0, 0.05) is 18.9 Å². The molecule has 0 atom stereocenters. The van der Waals surface area contributed by atoms with E-state index in [1.54, 1.807) is 12.4 Å². The second-order valence-electron chi connectivity index (χ2n) is 2.91. The van der Waals surface area contributed by atoms with Gasteiger partial charge in [-0.25, -0.2) is 4.79 Å². The lowest BCUT2D eigenvalue weighted by molar-refractivity contribution is 0.194. The lowest BCUT2D eigenvalue weighted by Crippen LogP contribution is -2.19. The summed E-state index contributed by atoms with van der Waals surface area (Å²) in [5.41, 5.74) is 0.968. The summed E-state index contributed by atoms with van der Waals surface area (Å²) in [5.74, 6) is 0. The van der Waals surface area contributed by atoms with Crippen LogP contribution in [0.2, 0.25) is 0 Å². The molecule has 0 unspecified atom stereocenters. The number of aromatic amines is 1. The Balaban J connectivity index is 0.000000212. The van der Waals surface area contributed by atoms with E-state index in [1.165, 1.54) is 0 Å². The molecule has 0 aliphatic carbocycles. The van der Waals surface area contributed by atoms with E-state index in [0.29, 0.717) is 6.54 Å². The van der Waals surface area contributed by atoms with E-state index < -0.39 is 6.09 Å². The van der Waals surface area contributed by atoms with Crippen LogP contribution in [-0.2, 0) is 6.54 Å². The van der Waals surface area contributed by atoms with Crippen LogP contribution in [-0.4, -0.2) is 21.4 Å². The van der Waals surface area contributed by atoms with Gasteiger partial charge >= 0.3 is 6.09 Å². The zero-order valence-corrected chi connectivity index (χ0v) is 8.63. The van der Waals surface area contributed by atoms with Gasteiger partial charge in [0.25, 0.3) is 0 Å². The molecule has 1 aromatic carbocycles. The van der Waals surface area contributed by atoms with Crippen LogP contribution in [0, 0.1) is 0 Å². The van der Waals surface area contributed by atoms with Crippen molar-refractivity contribution in [3.05, 3.63) is 54.4 Å².